The van der Waals surface area contributed by atoms with Crippen LogP contribution in [-0.4, -0.2) is 39.0 Å². The largest absolute Gasteiger partial charge is 0.467 e. The highest BCUT2D eigenvalue weighted by Crippen LogP contribution is 2.33. The Balaban J connectivity index is 1.38. The molecule has 176 valence electrons. The number of aryl methyl sites for hydroxylation is 1. The molecule has 10 heteroatoms. The molecule has 1 aliphatic rings. The summed E-state index contributed by atoms with van der Waals surface area (Å²) in [4.78, 5) is 38.3. The van der Waals surface area contributed by atoms with E-state index < -0.39 is 24.5 Å². The summed E-state index contributed by atoms with van der Waals surface area (Å²) in [5.41, 5.74) is 1.10. The second-order valence-electron chi connectivity index (χ2n) is 7.93. The van der Waals surface area contributed by atoms with E-state index in [9.17, 15) is 14.4 Å². The summed E-state index contributed by atoms with van der Waals surface area (Å²) in [6, 6.07) is 16.7. The van der Waals surface area contributed by atoms with Gasteiger partial charge < -0.3 is 9.15 Å². The smallest absolute Gasteiger partial charge is 0.359 e. The summed E-state index contributed by atoms with van der Waals surface area (Å²) in [7, 11) is 1.45. The van der Waals surface area contributed by atoms with Crippen LogP contribution in [0.4, 0.5) is 0 Å². The number of furan rings is 1. The Bertz CT molecular complexity index is 1510. The summed E-state index contributed by atoms with van der Waals surface area (Å²) >= 11 is 5.99. The van der Waals surface area contributed by atoms with Crippen molar-refractivity contribution in [2.24, 2.45) is 12.1 Å². The van der Waals surface area contributed by atoms with Crippen LogP contribution < -0.4 is 5.56 Å². The fourth-order valence-corrected chi connectivity index (χ4v) is 4.10. The van der Waals surface area contributed by atoms with E-state index in [0.717, 1.165) is 10.2 Å². The van der Waals surface area contributed by atoms with Crippen LogP contribution in [0.25, 0.3) is 10.8 Å². The summed E-state index contributed by atoms with van der Waals surface area (Å²) in [5.74, 6) is -0.790. The minimum atomic E-state index is -0.819. The Labute approximate surface area is 204 Å². The molecule has 2 aromatic carbocycles. The van der Waals surface area contributed by atoms with E-state index in [1.54, 1.807) is 48.5 Å². The van der Waals surface area contributed by atoms with Gasteiger partial charge in [0.25, 0.3) is 11.5 Å². The maximum atomic E-state index is 13.1. The highest BCUT2D eigenvalue weighted by Gasteiger charge is 2.35. The highest BCUT2D eigenvalue weighted by atomic mass is 35.5. The van der Waals surface area contributed by atoms with Crippen molar-refractivity contribution in [3.63, 3.8) is 0 Å². The van der Waals surface area contributed by atoms with Gasteiger partial charge in [-0.05, 0) is 35.9 Å². The standard InChI is InChI=1S/C25H19ClN4O5/c1-29-24(32)18-6-3-2-5-17(18)23(28-29)25(33)35-14-22(31)30-20(21-7-4-12-34-21)13-19(27-30)15-8-10-16(26)11-9-15/h2-12,20H,13-14H2,1H3/t20-/m0/s1. The first-order chi connectivity index (χ1) is 16.9. The Kier molecular flexibility index (Phi) is 5.92. The fraction of sp³-hybridized carbons (Fsp3) is 0.160. The Morgan fingerprint density at radius 3 is 2.54 bits per heavy atom. The third-order valence-electron chi connectivity index (χ3n) is 5.69. The van der Waals surface area contributed by atoms with Crippen LogP contribution >= 0.6 is 11.6 Å². The predicted molar refractivity (Wildman–Crippen MR) is 128 cm³/mol. The van der Waals surface area contributed by atoms with Gasteiger partial charge in [-0.25, -0.2) is 14.5 Å². The molecule has 5 rings (SSSR count). The number of benzene rings is 2. The highest BCUT2D eigenvalue weighted by molar-refractivity contribution is 6.30. The molecule has 0 fully saturated rings. The average molecular weight is 491 g/mol. The number of carbonyl (C=O) groups excluding carboxylic acids is 2. The molecule has 4 aromatic rings. The molecule has 1 amide bonds. The molecule has 0 spiro atoms. The van der Waals surface area contributed by atoms with Crippen molar-refractivity contribution < 1.29 is 18.7 Å². The van der Waals surface area contributed by atoms with Crippen LogP contribution in [-0.2, 0) is 16.6 Å². The molecule has 0 radical (unpaired) electrons. The number of halogens is 1. The summed E-state index contributed by atoms with van der Waals surface area (Å²) < 4.78 is 11.9. The minimum absolute atomic E-state index is 0.0511. The summed E-state index contributed by atoms with van der Waals surface area (Å²) in [6.45, 7) is -0.563. The van der Waals surface area contributed by atoms with Gasteiger partial charge in [0.1, 0.15) is 11.8 Å². The molecule has 3 heterocycles. The Morgan fingerprint density at radius 1 is 1.09 bits per heavy atom. The monoisotopic (exact) mass is 490 g/mol. The number of nitrogens with zero attached hydrogens (tertiary/aromatic N) is 4. The van der Waals surface area contributed by atoms with Gasteiger partial charge in [0, 0.05) is 23.9 Å². The molecule has 9 nitrogen and oxygen atoms in total. The predicted octanol–water partition coefficient (Wildman–Crippen LogP) is 3.71. The van der Waals surface area contributed by atoms with Gasteiger partial charge in [0.2, 0.25) is 0 Å². The van der Waals surface area contributed by atoms with Gasteiger partial charge in [-0.1, -0.05) is 41.9 Å². The lowest BCUT2D eigenvalue weighted by Gasteiger charge is -2.19. The van der Waals surface area contributed by atoms with E-state index in [1.807, 2.05) is 12.1 Å². The molecule has 0 unspecified atom stereocenters. The number of hydrazone groups is 1. The third-order valence-corrected chi connectivity index (χ3v) is 5.94. The average Bonchev–Trinajstić information content (AvgIpc) is 3.55. The normalized spacial score (nSPS) is 15.3. The van der Waals surface area contributed by atoms with E-state index in [-0.39, 0.29) is 11.3 Å². The SMILES string of the molecule is Cn1nc(C(=O)OCC(=O)N2N=C(c3ccc(Cl)cc3)C[C@H]2c2ccco2)c2ccccc2c1=O. The number of amides is 1. The van der Waals surface area contributed by atoms with Crippen molar-refractivity contribution in [2.75, 3.05) is 6.61 Å². The lowest BCUT2D eigenvalue weighted by Crippen LogP contribution is -2.31. The second kappa shape index (κ2) is 9.19. The van der Waals surface area contributed by atoms with Gasteiger partial charge in [-0.3, -0.25) is 9.59 Å². The van der Waals surface area contributed by atoms with Crippen molar-refractivity contribution in [1.82, 2.24) is 14.8 Å². The number of hydrogen-bond donors (Lipinski definition) is 0. The Morgan fingerprint density at radius 2 is 1.83 bits per heavy atom. The van der Waals surface area contributed by atoms with Crippen molar-refractivity contribution >= 4 is 40.0 Å². The first-order valence-corrected chi connectivity index (χ1v) is 11.1. The number of hydrogen-bond acceptors (Lipinski definition) is 7. The van der Waals surface area contributed by atoms with E-state index >= 15 is 0 Å². The number of carbonyl (C=O) groups is 2. The molecule has 0 bridgehead atoms. The number of ether oxygens (including phenoxy) is 1. The topological polar surface area (TPSA) is 107 Å². The van der Waals surface area contributed by atoms with Gasteiger partial charge in [-0.15, -0.1) is 0 Å². The molecule has 2 aromatic heterocycles. The van der Waals surface area contributed by atoms with Crippen LogP contribution in [0.15, 0.2) is 81.2 Å². The van der Waals surface area contributed by atoms with Crippen LogP contribution in [0.5, 0.6) is 0 Å². The minimum Gasteiger partial charge on any atom is -0.467 e. The molecule has 0 saturated heterocycles. The van der Waals surface area contributed by atoms with Crippen molar-refractivity contribution in [1.29, 1.82) is 0 Å². The van der Waals surface area contributed by atoms with Gasteiger partial charge >= 0.3 is 5.97 Å². The lowest BCUT2D eigenvalue weighted by molar-refractivity contribution is -0.136. The Hall–Kier alpha value is -4.24. The summed E-state index contributed by atoms with van der Waals surface area (Å²) in [6.07, 6.45) is 1.94. The number of fused-ring (bicyclic) bond motifs is 1. The zero-order chi connectivity index (χ0) is 24.5. The van der Waals surface area contributed by atoms with E-state index in [4.69, 9.17) is 20.8 Å². The molecule has 0 N–H and O–H groups in total. The van der Waals surface area contributed by atoms with E-state index in [1.165, 1.54) is 18.3 Å². The molecule has 0 aliphatic carbocycles. The molecule has 35 heavy (non-hydrogen) atoms. The number of rotatable bonds is 5. The van der Waals surface area contributed by atoms with Crippen LogP contribution in [0, 0.1) is 0 Å². The number of aromatic nitrogens is 2. The summed E-state index contributed by atoms with van der Waals surface area (Å²) in [5, 5.41) is 11.1. The quantitative estimate of drug-likeness (QED) is 0.395. The van der Waals surface area contributed by atoms with Crippen molar-refractivity contribution in [3.8, 4) is 0 Å². The third kappa shape index (κ3) is 4.33. The number of esters is 1. The second-order valence-corrected chi connectivity index (χ2v) is 8.36. The van der Waals surface area contributed by atoms with E-state index in [0.29, 0.717) is 33.7 Å². The molecular weight excluding hydrogens is 472 g/mol. The molecular formula is C25H19ClN4O5. The van der Waals surface area contributed by atoms with Gasteiger partial charge in [-0.2, -0.15) is 10.2 Å². The first-order valence-electron chi connectivity index (χ1n) is 10.7. The van der Waals surface area contributed by atoms with Crippen molar-refractivity contribution in [2.45, 2.75) is 12.5 Å². The van der Waals surface area contributed by atoms with Crippen molar-refractivity contribution in [3.05, 3.63) is 99.3 Å². The zero-order valence-corrected chi connectivity index (χ0v) is 19.3. The molecule has 1 atom stereocenters. The maximum absolute atomic E-state index is 13.1. The zero-order valence-electron chi connectivity index (χ0n) is 18.6. The molecule has 1 aliphatic heterocycles. The van der Waals surface area contributed by atoms with E-state index in [2.05, 4.69) is 10.2 Å². The molecule has 0 saturated carbocycles. The van der Waals surface area contributed by atoms with Gasteiger partial charge in [0.15, 0.2) is 12.3 Å². The van der Waals surface area contributed by atoms with Crippen LogP contribution in [0.3, 0.4) is 0 Å². The fourth-order valence-electron chi connectivity index (χ4n) is 3.97. The maximum Gasteiger partial charge on any atom is 0.359 e. The van der Waals surface area contributed by atoms with Crippen LogP contribution in [0.1, 0.15) is 34.3 Å². The van der Waals surface area contributed by atoms with Crippen LogP contribution in [0.2, 0.25) is 5.02 Å². The lowest BCUT2D eigenvalue weighted by atomic mass is 10.0. The van der Waals surface area contributed by atoms with Gasteiger partial charge in [0.05, 0.1) is 17.4 Å². The first kappa shape index (κ1) is 22.5.